The Kier molecular flexibility index (Phi) is 2.66. The highest BCUT2D eigenvalue weighted by atomic mass is 35.5. The van der Waals surface area contributed by atoms with E-state index in [1.165, 1.54) is 11.3 Å². The molecule has 4 rings (SSSR count). The number of aryl methyl sites for hydroxylation is 1. The van der Waals surface area contributed by atoms with Crippen LogP contribution < -0.4 is 5.32 Å². The summed E-state index contributed by atoms with van der Waals surface area (Å²) in [5.74, 6) is 0.560. The van der Waals surface area contributed by atoms with E-state index in [-0.39, 0.29) is 0 Å². The number of anilines is 2. The zero-order valence-electron chi connectivity index (χ0n) is 10.3. The van der Waals surface area contributed by atoms with E-state index in [4.69, 9.17) is 11.6 Å². The first kappa shape index (κ1) is 12.1. The molecule has 0 fully saturated rings. The van der Waals surface area contributed by atoms with Crippen molar-refractivity contribution in [3.8, 4) is 0 Å². The molecule has 0 spiro atoms. The normalized spacial score (nSPS) is 11.5. The van der Waals surface area contributed by atoms with Crippen LogP contribution >= 0.6 is 34.3 Å². The van der Waals surface area contributed by atoms with Crippen LogP contribution in [0.15, 0.2) is 23.6 Å². The maximum absolute atomic E-state index is 5.98. The summed E-state index contributed by atoms with van der Waals surface area (Å²) in [6, 6.07) is 5.65. The lowest BCUT2D eigenvalue weighted by molar-refractivity contribution is 0.936. The number of nitrogens with zero attached hydrogens (tertiary/aromatic N) is 4. The Morgan fingerprint density at radius 2 is 2.20 bits per heavy atom. The maximum atomic E-state index is 5.98. The van der Waals surface area contributed by atoms with Gasteiger partial charge in [-0.15, -0.1) is 16.4 Å². The number of hydrogen-bond donors (Lipinski definition) is 1. The van der Waals surface area contributed by atoms with E-state index in [1.807, 2.05) is 35.0 Å². The van der Waals surface area contributed by atoms with E-state index < -0.39 is 0 Å². The van der Waals surface area contributed by atoms with Crippen molar-refractivity contribution < 1.29 is 0 Å². The molecule has 0 radical (unpaired) electrons. The third-order valence-corrected chi connectivity index (χ3v) is 4.92. The van der Waals surface area contributed by atoms with Crippen molar-refractivity contribution in [1.82, 2.24) is 19.6 Å². The third-order valence-electron chi connectivity index (χ3n) is 2.82. The summed E-state index contributed by atoms with van der Waals surface area (Å²) in [7, 11) is 0. The fourth-order valence-corrected chi connectivity index (χ4v) is 3.83. The van der Waals surface area contributed by atoms with E-state index >= 15 is 0 Å². The van der Waals surface area contributed by atoms with Crippen LogP contribution in [-0.4, -0.2) is 19.6 Å². The van der Waals surface area contributed by atoms with Gasteiger partial charge in [-0.05, 0) is 25.1 Å². The SMILES string of the molecule is Cc1csc2nc(Nc3nc4ccc(Cl)cc4s3)nn12. The molecule has 4 aromatic rings. The molecule has 0 bridgehead atoms. The van der Waals surface area contributed by atoms with E-state index in [2.05, 4.69) is 20.4 Å². The average Bonchev–Trinajstić information content (AvgIpc) is 3.06. The van der Waals surface area contributed by atoms with Gasteiger partial charge in [0.15, 0.2) is 5.13 Å². The van der Waals surface area contributed by atoms with Crippen LogP contribution in [0.4, 0.5) is 11.1 Å². The first-order valence-electron chi connectivity index (χ1n) is 5.83. The summed E-state index contributed by atoms with van der Waals surface area (Å²) in [6.45, 7) is 2.00. The molecule has 8 heteroatoms. The predicted octanol–water partition coefficient (Wildman–Crippen LogP) is 4.11. The molecule has 0 aliphatic heterocycles. The number of halogens is 1. The Balaban J connectivity index is 1.72. The van der Waals surface area contributed by atoms with Gasteiger partial charge < -0.3 is 0 Å². The monoisotopic (exact) mass is 321 g/mol. The quantitative estimate of drug-likeness (QED) is 0.603. The predicted molar refractivity (Wildman–Crippen MR) is 83.5 cm³/mol. The molecule has 0 atom stereocenters. The molecule has 3 aromatic heterocycles. The molecule has 3 heterocycles. The molecule has 0 amide bonds. The molecule has 1 aromatic carbocycles. The van der Waals surface area contributed by atoms with Crippen LogP contribution in [0.1, 0.15) is 5.69 Å². The molecule has 1 N–H and O–H groups in total. The van der Waals surface area contributed by atoms with Gasteiger partial charge in [-0.1, -0.05) is 22.9 Å². The molecule has 100 valence electrons. The lowest BCUT2D eigenvalue weighted by atomic mass is 10.3. The van der Waals surface area contributed by atoms with Gasteiger partial charge in [-0.25, -0.2) is 9.50 Å². The van der Waals surface area contributed by atoms with Crippen molar-refractivity contribution in [2.24, 2.45) is 0 Å². The van der Waals surface area contributed by atoms with E-state index in [1.54, 1.807) is 11.3 Å². The van der Waals surface area contributed by atoms with Crippen molar-refractivity contribution in [1.29, 1.82) is 0 Å². The topological polar surface area (TPSA) is 55.1 Å². The summed E-state index contributed by atoms with van der Waals surface area (Å²) in [6.07, 6.45) is 0. The van der Waals surface area contributed by atoms with Gasteiger partial charge in [-0.3, -0.25) is 5.32 Å². The minimum atomic E-state index is 0.560. The van der Waals surface area contributed by atoms with Crippen LogP contribution in [0, 0.1) is 6.92 Å². The van der Waals surface area contributed by atoms with Crippen molar-refractivity contribution in [2.45, 2.75) is 6.92 Å². The van der Waals surface area contributed by atoms with Crippen LogP contribution in [0.25, 0.3) is 15.2 Å². The Bertz CT molecular complexity index is 923. The molecule has 0 saturated carbocycles. The van der Waals surface area contributed by atoms with Crippen LogP contribution in [0.3, 0.4) is 0 Å². The minimum absolute atomic E-state index is 0.560. The van der Waals surface area contributed by atoms with Gasteiger partial charge in [0, 0.05) is 10.4 Å². The maximum Gasteiger partial charge on any atom is 0.250 e. The number of nitrogens with one attached hydrogen (secondary N) is 1. The zero-order valence-corrected chi connectivity index (χ0v) is 12.7. The minimum Gasteiger partial charge on any atom is -0.299 e. The van der Waals surface area contributed by atoms with E-state index in [9.17, 15) is 0 Å². The molecule has 0 saturated heterocycles. The van der Waals surface area contributed by atoms with Gasteiger partial charge in [0.25, 0.3) is 0 Å². The summed E-state index contributed by atoms with van der Waals surface area (Å²) in [5.41, 5.74) is 1.99. The number of aromatic nitrogens is 4. The molecule has 0 aliphatic rings. The molecular formula is C12H8ClN5S2. The fraction of sp³-hybridized carbons (Fsp3) is 0.0833. The van der Waals surface area contributed by atoms with Gasteiger partial charge in [0.05, 0.1) is 15.9 Å². The van der Waals surface area contributed by atoms with E-state index in [0.29, 0.717) is 11.0 Å². The number of thiazole rings is 2. The van der Waals surface area contributed by atoms with Crippen LogP contribution in [0.5, 0.6) is 0 Å². The Labute approximate surface area is 126 Å². The highest BCUT2D eigenvalue weighted by Crippen LogP contribution is 2.29. The highest BCUT2D eigenvalue weighted by Gasteiger charge is 2.10. The third kappa shape index (κ3) is 1.94. The van der Waals surface area contributed by atoms with E-state index in [0.717, 1.165) is 26.0 Å². The summed E-state index contributed by atoms with van der Waals surface area (Å²) in [5, 5.41) is 11.0. The van der Waals surface area contributed by atoms with Gasteiger partial charge >= 0.3 is 0 Å². The number of rotatable bonds is 2. The van der Waals surface area contributed by atoms with Crippen molar-refractivity contribution in [3.63, 3.8) is 0 Å². The smallest absolute Gasteiger partial charge is 0.250 e. The standard InChI is InChI=1S/C12H8ClN5S2/c1-6-5-19-12-16-10(17-18(6)12)15-11-14-8-3-2-7(13)4-9(8)20-11/h2-5H,1H3,(H,14,15,17). The fourth-order valence-electron chi connectivity index (χ4n) is 1.89. The second-order valence-corrected chi connectivity index (χ2v) is 6.57. The molecule has 5 nitrogen and oxygen atoms in total. The summed E-state index contributed by atoms with van der Waals surface area (Å²) >= 11 is 9.07. The average molecular weight is 322 g/mol. The Morgan fingerprint density at radius 1 is 1.30 bits per heavy atom. The van der Waals surface area contributed by atoms with Gasteiger partial charge in [-0.2, -0.15) is 4.98 Å². The summed E-state index contributed by atoms with van der Waals surface area (Å²) < 4.78 is 2.86. The van der Waals surface area contributed by atoms with Crippen LogP contribution in [-0.2, 0) is 0 Å². The van der Waals surface area contributed by atoms with Gasteiger partial charge in [0.2, 0.25) is 10.9 Å². The van der Waals surface area contributed by atoms with Crippen LogP contribution in [0.2, 0.25) is 5.02 Å². The molecule has 0 unspecified atom stereocenters. The second-order valence-electron chi connectivity index (χ2n) is 4.26. The Morgan fingerprint density at radius 3 is 3.05 bits per heavy atom. The highest BCUT2D eigenvalue weighted by molar-refractivity contribution is 7.22. The van der Waals surface area contributed by atoms with Crippen molar-refractivity contribution in [3.05, 3.63) is 34.3 Å². The number of benzene rings is 1. The lowest BCUT2D eigenvalue weighted by Crippen LogP contribution is -1.93. The largest absolute Gasteiger partial charge is 0.299 e. The first-order valence-corrected chi connectivity index (χ1v) is 7.90. The molecule has 0 aliphatic carbocycles. The molecular weight excluding hydrogens is 314 g/mol. The van der Waals surface area contributed by atoms with Gasteiger partial charge in [0.1, 0.15) is 0 Å². The summed E-state index contributed by atoms with van der Waals surface area (Å²) in [4.78, 5) is 9.78. The molecule has 20 heavy (non-hydrogen) atoms. The lowest BCUT2D eigenvalue weighted by Gasteiger charge is -1.93. The zero-order chi connectivity index (χ0) is 13.7. The number of hydrogen-bond acceptors (Lipinski definition) is 6. The van der Waals surface area contributed by atoms with Crippen molar-refractivity contribution in [2.75, 3.05) is 5.32 Å². The van der Waals surface area contributed by atoms with Crippen molar-refractivity contribution >= 4 is 60.5 Å². The number of fused-ring (bicyclic) bond motifs is 2. The first-order chi connectivity index (χ1) is 9.69. The Hall–Kier alpha value is -1.70. The second kappa shape index (κ2) is 4.41.